The van der Waals surface area contributed by atoms with Gasteiger partial charge in [-0.05, 0) is 70.1 Å². The van der Waals surface area contributed by atoms with Crippen molar-refractivity contribution in [2.45, 2.75) is 73.4 Å². The molecule has 4 aromatic carbocycles. The fraction of sp³-hybridized carbons (Fsp3) is 0.317. The summed E-state index contributed by atoms with van der Waals surface area (Å²) in [6, 6.07) is 26.0. The van der Waals surface area contributed by atoms with Crippen LogP contribution in [0.4, 0.5) is 13.2 Å². The maximum atomic E-state index is 13.9. The second-order valence-corrected chi connectivity index (χ2v) is 12.1. The largest absolute Gasteiger partial charge is 0.512 e. The quantitative estimate of drug-likeness (QED) is 0.0697. The van der Waals surface area contributed by atoms with Crippen molar-refractivity contribution in [2.75, 3.05) is 0 Å². The van der Waals surface area contributed by atoms with Crippen molar-refractivity contribution in [1.82, 2.24) is 4.98 Å². The summed E-state index contributed by atoms with van der Waals surface area (Å²) in [5.74, 6) is 0.547. The zero-order valence-electron chi connectivity index (χ0n) is 28.3. The van der Waals surface area contributed by atoms with Crippen LogP contribution in [0.3, 0.4) is 0 Å². The Morgan fingerprint density at radius 3 is 2.08 bits per heavy atom. The number of hydrogen-bond acceptors (Lipinski definition) is 3. The SMILES string of the molecule is CCC(CC)C(=O)/C=C(\O)C(CC)CC.Cc1[c-]c(-c2cc(-c3ccc4c(ccc5ccccc54)c3)c(C(F)(F)F)cn2)cc(C)c1.[Ir]. The summed E-state index contributed by atoms with van der Waals surface area (Å²) in [4.78, 5) is 15.9. The summed E-state index contributed by atoms with van der Waals surface area (Å²) in [6.45, 7) is 11.9. The van der Waals surface area contributed by atoms with E-state index in [0.29, 0.717) is 16.8 Å². The Labute approximate surface area is 295 Å². The van der Waals surface area contributed by atoms with Gasteiger partial charge in [-0.25, -0.2) is 0 Å². The summed E-state index contributed by atoms with van der Waals surface area (Å²) in [5.41, 5.74) is 2.96. The van der Waals surface area contributed by atoms with Crippen LogP contribution in [0.1, 0.15) is 70.1 Å². The number of aliphatic hydroxyl groups is 1. The maximum Gasteiger partial charge on any atom is 0.418 e. The van der Waals surface area contributed by atoms with E-state index in [1.165, 1.54) is 12.1 Å². The molecule has 3 nitrogen and oxygen atoms in total. The molecule has 48 heavy (non-hydrogen) atoms. The number of aryl methyl sites for hydroxylation is 2. The average molecular weight is 831 g/mol. The minimum Gasteiger partial charge on any atom is -0.512 e. The summed E-state index contributed by atoms with van der Waals surface area (Å²) >= 11 is 0. The predicted octanol–water partition coefficient (Wildman–Crippen LogP) is 12.0. The van der Waals surface area contributed by atoms with E-state index < -0.39 is 11.7 Å². The van der Waals surface area contributed by atoms with Gasteiger partial charge in [-0.3, -0.25) is 4.79 Å². The molecule has 0 unspecified atom stereocenters. The van der Waals surface area contributed by atoms with Crippen LogP contribution >= 0.6 is 0 Å². The third-order valence-corrected chi connectivity index (χ3v) is 8.77. The molecule has 0 atom stereocenters. The van der Waals surface area contributed by atoms with Crippen molar-refractivity contribution in [1.29, 1.82) is 0 Å². The third-order valence-electron chi connectivity index (χ3n) is 8.77. The predicted molar refractivity (Wildman–Crippen MR) is 187 cm³/mol. The van der Waals surface area contributed by atoms with Crippen molar-refractivity contribution in [3.05, 3.63) is 114 Å². The molecule has 1 heterocycles. The summed E-state index contributed by atoms with van der Waals surface area (Å²) in [7, 11) is 0. The Morgan fingerprint density at radius 1 is 0.833 bits per heavy atom. The van der Waals surface area contributed by atoms with Gasteiger partial charge in [-0.2, -0.15) is 13.2 Å². The zero-order chi connectivity index (χ0) is 34.3. The number of hydrogen-bond donors (Lipinski definition) is 1. The molecule has 0 saturated heterocycles. The van der Waals surface area contributed by atoms with Crippen LogP contribution in [0, 0.1) is 31.7 Å². The number of rotatable bonds is 9. The number of carbonyl (C=O) groups excluding carboxylic acids is 1. The summed E-state index contributed by atoms with van der Waals surface area (Å²) in [5, 5.41) is 13.8. The molecule has 0 spiro atoms. The monoisotopic (exact) mass is 831 g/mol. The first-order chi connectivity index (χ1) is 22.4. The summed E-state index contributed by atoms with van der Waals surface area (Å²) < 4.78 is 41.6. The van der Waals surface area contributed by atoms with Gasteiger partial charge in [0.15, 0.2) is 5.78 Å². The number of alkyl halides is 3. The van der Waals surface area contributed by atoms with Crippen molar-refractivity contribution >= 4 is 27.3 Å². The van der Waals surface area contributed by atoms with Gasteiger partial charge in [0.05, 0.1) is 11.3 Å². The molecule has 0 fully saturated rings. The number of pyridine rings is 1. The van der Waals surface area contributed by atoms with Crippen molar-refractivity contribution in [3.8, 4) is 22.4 Å². The molecule has 0 aliphatic heterocycles. The smallest absolute Gasteiger partial charge is 0.418 e. The van der Waals surface area contributed by atoms with Crippen molar-refractivity contribution in [3.63, 3.8) is 0 Å². The van der Waals surface area contributed by atoms with E-state index >= 15 is 0 Å². The average Bonchev–Trinajstić information content (AvgIpc) is 3.04. The molecule has 0 aliphatic carbocycles. The fourth-order valence-corrected chi connectivity index (χ4v) is 6.06. The van der Waals surface area contributed by atoms with Gasteiger partial charge in [-0.15, -0.1) is 34.9 Å². The number of aliphatic hydroxyl groups excluding tert-OH is 1. The molecule has 1 aromatic heterocycles. The van der Waals surface area contributed by atoms with Crippen LogP contribution < -0.4 is 0 Å². The van der Waals surface area contributed by atoms with E-state index in [0.717, 1.165) is 64.6 Å². The Kier molecular flexibility index (Phi) is 13.7. The first-order valence-electron chi connectivity index (χ1n) is 16.3. The van der Waals surface area contributed by atoms with E-state index in [2.05, 4.69) is 11.1 Å². The third kappa shape index (κ3) is 9.21. The molecular formula is C41H43F3IrNO2-. The van der Waals surface area contributed by atoms with Crippen LogP contribution in [0.15, 0.2) is 90.8 Å². The molecule has 5 aromatic rings. The zero-order valence-corrected chi connectivity index (χ0v) is 30.7. The van der Waals surface area contributed by atoms with Gasteiger partial charge in [0.1, 0.15) is 0 Å². The molecular weight excluding hydrogens is 788 g/mol. The van der Waals surface area contributed by atoms with E-state index in [1.807, 2.05) is 102 Å². The van der Waals surface area contributed by atoms with Crippen LogP contribution in [0.2, 0.25) is 0 Å². The number of benzene rings is 4. The standard InChI is InChI=1S/C28H19F3N.C13H24O2.Ir/c1-17-11-18(2)13-22(12-17)27-15-25(26(16-32-27)28(29,30)31)21-9-10-24-20(14-21)8-7-19-5-3-4-6-23(19)24;1-5-10(6-2)12(14)9-13(15)11(7-3)8-4;/h3-12,14-16H,1-2H3;9-11,14H,5-8H2,1-4H3;/q-1;;/b;12-9-;. The molecule has 1 radical (unpaired) electrons. The molecule has 1 N–H and O–H groups in total. The number of fused-ring (bicyclic) bond motifs is 3. The molecule has 0 saturated carbocycles. The molecule has 5 rings (SSSR count). The van der Waals surface area contributed by atoms with E-state index in [1.54, 1.807) is 6.07 Å². The van der Waals surface area contributed by atoms with E-state index in [-0.39, 0.29) is 49.0 Å². The first-order valence-corrected chi connectivity index (χ1v) is 16.3. The van der Waals surface area contributed by atoms with Crippen LogP contribution in [0.5, 0.6) is 0 Å². The maximum absolute atomic E-state index is 13.9. The van der Waals surface area contributed by atoms with Gasteiger partial charge < -0.3 is 10.1 Å². The number of allylic oxidation sites excluding steroid dienone is 2. The Balaban J connectivity index is 0.000000334. The van der Waals surface area contributed by atoms with Gasteiger partial charge in [0.25, 0.3) is 0 Å². The second kappa shape index (κ2) is 17.0. The topological polar surface area (TPSA) is 50.2 Å². The Morgan fingerprint density at radius 2 is 1.46 bits per heavy atom. The van der Waals surface area contributed by atoms with Gasteiger partial charge in [0.2, 0.25) is 0 Å². The van der Waals surface area contributed by atoms with Crippen LogP contribution in [-0.4, -0.2) is 15.9 Å². The number of carbonyl (C=O) groups is 1. The minimum atomic E-state index is -4.51. The molecule has 0 bridgehead atoms. The molecule has 0 aliphatic rings. The fourth-order valence-electron chi connectivity index (χ4n) is 6.06. The first kappa shape index (κ1) is 38.6. The Bertz CT molecular complexity index is 1870. The van der Waals surface area contributed by atoms with E-state index in [9.17, 15) is 23.1 Å². The van der Waals surface area contributed by atoms with Crippen molar-refractivity contribution < 1.29 is 43.2 Å². The van der Waals surface area contributed by atoms with Crippen LogP contribution in [0.25, 0.3) is 43.9 Å². The number of ketones is 1. The van der Waals surface area contributed by atoms with Gasteiger partial charge in [-0.1, -0.05) is 96.1 Å². The summed E-state index contributed by atoms with van der Waals surface area (Å²) in [6.07, 6.45) is 1.33. The second-order valence-electron chi connectivity index (χ2n) is 12.1. The number of nitrogens with zero attached hydrogens (tertiary/aromatic N) is 1. The normalized spacial score (nSPS) is 11.9. The Hall–Kier alpha value is -3.80. The van der Waals surface area contributed by atoms with Crippen molar-refractivity contribution in [2.24, 2.45) is 11.8 Å². The molecule has 0 amide bonds. The molecule has 7 heteroatoms. The van der Waals surface area contributed by atoms with Crippen LogP contribution in [-0.2, 0) is 31.1 Å². The van der Waals surface area contributed by atoms with Gasteiger partial charge >= 0.3 is 6.18 Å². The van der Waals surface area contributed by atoms with E-state index in [4.69, 9.17) is 0 Å². The molecule has 255 valence electrons. The minimum absolute atomic E-state index is 0. The number of aromatic nitrogens is 1. The van der Waals surface area contributed by atoms with Gasteiger partial charge in [0, 0.05) is 44.2 Å². The number of halogens is 3.